The van der Waals surface area contributed by atoms with E-state index in [-0.39, 0.29) is 37.0 Å². The van der Waals surface area contributed by atoms with Gasteiger partial charge in [0.15, 0.2) is 0 Å². The van der Waals surface area contributed by atoms with Gasteiger partial charge in [0.1, 0.15) is 12.2 Å². The summed E-state index contributed by atoms with van der Waals surface area (Å²) >= 11 is 0. The number of carbonyl (C=O) groups is 2. The second-order valence-electron chi connectivity index (χ2n) is 5.38. The molecule has 2 heterocycles. The van der Waals surface area contributed by atoms with Crippen molar-refractivity contribution >= 4 is 11.9 Å². The van der Waals surface area contributed by atoms with E-state index in [1.54, 1.807) is 0 Å². The van der Waals surface area contributed by atoms with Crippen LogP contribution < -0.4 is 10.6 Å². The molecule has 0 unspecified atom stereocenters. The van der Waals surface area contributed by atoms with E-state index in [9.17, 15) is 9.59 Å². The normalized spacial score (nSPS) is 21.4. The van der Waals surface area contributed by atoms with Crippen molar-refractivity contribution < 1.29 is 19.1 Å². The summed E-state index contributed by atoms with van der Waals surface area (Å²) in [6.45, 7) is 3.54. The largest absolute Gasteiger partial charge is 0.462 e. The minimum Gasteiger partial charge on any atom is -0.462 e. The van der Waals surface area contributed by atoms with Gasteiger partial charge in [0.25, 0.3) is 0 Å². The maximum absolute atomic E-state index is 11.6. The quantitative estimate of drug-likeness (QED) is 0.710. The first-order valence-corrected chi connectivity index (χ1v) is 7.54. The van der Waals surface area contributed by atoms with Gasteiger partial charge in [0, 0.05) is 0 Å². The Balaban J connectivity index is 1.58. The zero-order valence-electron chi connectivity index (χ0n) is 11.9. The van der Waals surface area contributed by atoms with E-state index in [0.29, 0.717) is 0 Å². The standard InChI is InChI=1S/C14H24N2O4/c17-13(19-11-3-7-15-8-4-11)1-2-14(18)20-12-5-9-16-10-6-12/h11-12,15-16H,1-10H2. The van der Waals surface area contributed by atoms with Crippen LogP contribution in [0.5, 0.6) is 0 Å². The molecule has 0 saturated carbocycles. The lowest BCUT2D eigenvalue weighted by Crippen LogP contribution is -2.34. The number of esters is 2. The Labute approximate surface area is 119 Å². The van der Waals surface area contributed by atoms with E-state index in [1.165, 1.54) is 0 Å². The molecule has 0 aliphatic carbocycles. The van der Waals surface area contributed by atoms with Crippen molar-refractivity contribution in [2.45, 2.75) is 50.7 Å². The highest BCUT2D eigenvalue weighted by Gasteiger charge is 2.20. The molecule has 0 radical (unpaired) electrons. The summed E-state index contributed by atoms with van der Waals surface area (Å²) in [4.78, 5) is 23.3. The van der Waals surface area contributed by atoms with Gasteiger partial charge in [-0.2, -0.15) is 0 Å². The zero-order valence-corrected chi connectivity index (χ0v) is 11.9. The molecule has 114 valence electrons. The summed E-state index contributed by atoms with van der Waals surface area (Å²) in [7, 11) is 0. The number of hydrogen-bond donors (Lipinski definition) is 2. The van der Waals surface area contributed by atoms with Crippen molar-refractivity contribution in [2.24, 2.45) is 0 Å². The Kier molecular flexibility index (Phi) is 6.26. The third kappa shape index (κ3) is 5.46. The van der Waals surface area contributed by atoms with Crippen LogP contribution in [0.15, 0.2) is 0 Å². The molecule has 0 atom stereocenters. The zero-order chi connectivity index (χ0) is 14.2. The van der Waals surface area contributed by atoms with Crippen LogP contribution in [-0.2, 0) is 19.1 Å². The number of carbonyl (C=O) groups excluding carboxylic acids is 2. The molecule has 6 heteroatoms. The van der Waals surface area contributed by atoms with E-state index in [0.717, 1.165) is 51.9 Å². The molecule has 0 aromatic carbocycles. The fourth-order valence-corrected chi connectivity index (χ4v) is 2.52. The lowest BCUT2D eigenvalue weighted by atomic mass is 10.1. The molecule has 0 aromatic heterocycles. The first-order chi connectivity index (χ1) is 9.74. The highest BCUT2D eigenvalue weighted by atomic mass is 16.6. The molecular formula is C14H24N2O4. The summed E-state index contributed by atoms with van der Waals surface area (Å²) in [6.07, 6.45) is 3.66. The van der Waals surface area contributed by atoms with Crippen LogP contribution in [0.1, 0.15) is 38.5 Å². The summed E-state index contributed by atoms with van der Waals surface area (Å²) < 4.78 is 10.7. The van der Waals surface area contributed by atoms with Crippen molar-refractivity contribution in [3.63, 3.8) is 0 Å². The monoisotopic (exact) mass is 284 g/mol. The van der Waals surface area contributed by atoms with Gasteiger partial charge >= 0.3 is 11.9 Å². The number of ether oxygens (including phenoxy) is 2. The lowest BCUT2D eigenvalue weighted by molar-refractivity contribution is -0.157. The predicted molar refractivity (Wildman–Crippen MR) is 73.2 cm³/mol. The van der Waals surface area contributed by atoms with Gasteiger partial charge < -0.3 is 20.1 Å². The maximum atomic E-state index is 11.6. The molecule has 2 aliphatic heterocycles. The first-order valence-electron chi connectivity index (χ1n) is 7.54. The van der Waals surface area contributed by atoms with Gasteiger partial charge in [-0.15, -0.1) is 0 Å². The molecular weight excluding hydrogens is 260 g/mol. The smallest absolute Gasteiger partial charge is 0.306 e. The van der Waals surface area contributed by atoms with Crippen molar-refractivity contribution in [1.29, 1.82) is 0 Å². The van der Waals surface area contributed by atoms with Gasteiger partial charge in [-0.1, -0.05) is 0 Å². The summed E-state index contributed by atoms with van der Waals surface area (Å²) in [5.41, 5.74) is 0. The van der Waals surface area contributed by atoms with Gasteiger partial charge in [0.05, 0.1) is 12.8 Å². The van der Waals surface area contributed by atoms with Crippen LogP contribution >= 0.6 is 0 Å². The molecule has 2 saturated heterocycles. The Morgan fingerprint density at radius 2 is 1.10 bits per heavy atom. The Morgan fingerprint density at radius 3 is 1.45 bits per heavy atom. The highest BCUT2D eigenvalue weighted by Crippen LogP contribution is 2.11. The molecule has 6 nitrogen and oxygen atoms in total. The van der Waals surface area contributed by atoms with E-state index < -0.39 is 0 Å². The maximum Gasteiger partial charge on any atom is 0.306 e. The minimum atomic E-state index is -0.292. The van der Waals surface area contributed by atoms with Gasteiger partial charge in [-0.25, -0.2) is 0 Å². The van der Waals surface area contributed by atoms with Crippen LogP contribution in [0.3, 0.4) is 0 Å². The van der Waals surface area contributed by atoms with E-state index in [2.05, 4.69) is 10.6 Å². The number of nitrogens with one attached hydrogen (secondary N) is 2. The average molecular weight is 284 g/mol. The van der Waals surface area contributed by atoms with Crippen LogP contribution in [0.4, 0.5) is 0 Å². The SMILES string of the molecule is O=C(CCC(=O)OC1CCNCC1)OC1CCNCC1. The fraction of sp³-hybridized carbons (Fsp3) is 0.857. The van der Waals surface area contributed by atoms with Crippen molar-refractivity contribution in [3.05, 3.63) is 0 Å². The third-order valence-electron chi connectivity index (χ3n) is 3.70. The van der Waals surface area contributed by atoms with Gasteiger partial charge in [-0.3, -0.25) is 9.59 Å². The van der Waals surface area contributed by atoms with Crippen molar-refractivity contribution in [2.75, 3.05) is 26.2 Å². The third-order valence-corrected chi connectivity index (χ3v) is 3.70. The van der Waals surface area contributed by atoms with Gasteiger partial charge in [0.2, 0.25) is 0 Å². The Morgan fingerprint density at radius 1 is 0.750 bits per heavy atom. The molecule has 2 aliphatic rings. The highest BCUT2D eigenvalue weighted by molar-refractivity contribution is 5.77. The average Bonchev–Trinajstić information content (AvgIpc) is 2.47. The lowest BCUT2D eigenvalue weighted by Gasteiger charge is -2.23. The summed E-state index contributed by atoms with van der Waals surface area (Å²) in [5.74, 6) is -0.585. The number of piperidine rings is 2. The molecule has 0 spiro atoms. The molecule has 0 bridgehead atoms. The molecule has 0 amide bonds. The van der Waals surface area contributed by atoms with E-state index >= 15 is 0 Å². The first kappa shape index (κ1) is 15.3. The number of hydrogen-bond acceptors (Lipinski definition) is 6. The Hall–Kier alpha value is -1.14. The second-order valence-corrected chi connectivity index (χ2v) is 5.38. The topological polar surface area (TPSA) is 76.7 Å². The van der Waals surface area contributed by atoms with Crippen LogP contribution in [-0.4, -0.2) is 50.3 Å². The van der Waals surface area contributed by atoms with Crippen LogP contribution in [0.25, 0.3) is 0 Å². The number of rotatable bonds is 5. The van der Waals surface area contributed by atoms with Crippen molar-refractivity contribution in [1.82, 2.24) is 10.6 Å². The molecule has 2 fully saturated rings. The summed E-state index contributed by atoms with van der Waals surface area (Å²) in [6, 6.07) is 0. The molecule has 20 heavy (non-hydrogen) atoms. The van der Waals surface area contributed by atoms with Gasteiger partial charge in [-0.05, 0) is 51.9 Å². The Bertz CT molecular complexity index is 291. The molecule has 2 rings (SSSR count). The van der Waals surface area contributed by atoms with Crippen LogP contribution in [0.2, 0.25) is 0 Å². The fourth-order valence-electron chi connectivity index (χ4n) is 2.52. The second kappa shape index (κ2) is 8.21. The predicted octanol–water partition coefficient (Wildman–Crippen LogP) is 0.357. The van der Waals surface area contributed by atoms with Crippen LogP contribution in [0, 0.1) is 0 Å². The molecule has 0 aromatic rings. The van der Waals surface area contributed by atoms with E-state index in [4.69, 9.17) is 9.47 Å². The summed E-state index contributed by atoms with van der Waals surface area (Å²) in [5, 5.41) is 6.43. The molecule has 2 N–H and O–H groups in total. The van der Waals surface area contributed by atoms with Crippen molar-refractivity contribution in [3.8, 4) is 0 Å². The minimum absolute atomic E-state index is 0.00388. The van der Waals surface area contributed by atoms with E-state index in [1.807, 2.05) is 0 Å².